The average molecular weight is 313 g/mol. The molecule has 1 aromatic carbocycles. The van der Waals surface area contributed by atoms with Gasteiger partial charge in [0.05, 0.1) is 23.7 Å². The van der Waals surface area contributed by atoms with Crippen molar-refractivity contribution in [1.29, 1.82) is 0 Å². The first-order valence-corrected chi connectivity index (χ1v) is 7.92. The number of amides is 1. The number of ether oxygens (including phenoxy) is 1. The van der Waals surface area contributed by atoms with Gasteiger partial charge in [-0.2, -0.15) is 9.97 Å². The van der Waals surface area contributed by atoms with Crippen molar-refractivity contribution in [3.8, 4) is 6.01 Å². The van der Waals surface area contributed by atoms with E-state index in [0.29, 0.717) is 24.7 Å². The number of aryl methyl sites for hydroxylation is 3. The lowest BCUT2D eigenvalue weighted by molar-refractivity contribution is -0.116. The third-order valence-electron chi connectivity index (χ3n) is 3.50. The monoisotopic (exact) mass is 313 g/mol. The van der Waals surface area contributed by atoms with Crippen LogP contribution in [0.3, 0.4) is 0 Å². The molecular weight excluding hydrogens is 290 g/mol. The first-order valence-electron chi connectivity index (χ1n) is 7.92. The Kier molecular flexibility index (Phi) is 6.09. The zero-order chi connectivity index (χ0) is 16.7. The fourth-order valence-corrected chi connectivity index (χ4v) is 2.36. The lowest BCUT2D eigenvalue weighted by Crippen LogP contribution is -2.15. The molecular formula is C18H23N3O2. The number of benzene rings is 1. The van der Waals surface area contributed by atoms with Crippen LogP contribution in [0.15, 0.2) is 30.3 Å². The largest absolute Gasteiger partial charge is 0.464 e. The van der Waals surface area contributed by atoms with Crippen molar-refractivity contribution in [3.05, 3.63) is 47.3 Å². The van der Waals surface area contributed by atoms with Crippen molar-refractivity contribution < 1.29 is 9.53 Å². The van der Waals surface area contributed by atoms with E-state index in [1.807, 2.05) is 39.0 Å². The molecule has 0 saturated carbocycles. The number of hydrogen-bond donors (Lipinski definition) is 1. The van der Waals surface area contributed by atoms with Crippen LogP contribution >= 0.6 is 0 Å². The van der Waals surface area contributed by atoms with E-state index in [1.165, 1.54) is 5.56 Å². The molecule has 1 aromatic heterocycles. The molecule has 122 valence electrons. The average Bonchev–Trinajstić information content (AvgIpc) is 2.52. The third-order valence-corrected chi connectivity index (χ3v) is 3.50. The van der Waals surface area contributed by atoms with Crippen LogP contribution in [0.4, 0.5) is 5.69 Å². The normalized spacial score (nSPS) is 10.4. The summed E-state index contributed by atoms with van der Waals surface area (Å²) in [6.07, 6.45) is 2.18. The van der Waals surface area contributed by atoms with Crippen molar-refractivity contribution in [2.45, 2.75) is 40.0 Å². The molecule has 5 nitrogen and oxygen atoms in total. The Balaban J connectivity index is 1.90. The molecule has 0 fully saturated rings. The number of rotatable bonds is 7. The molecule has 0 unspecified atom stereocenters. The number of nitrogens with zero attached hydrogens (tertiary/aromatic N) is 2. The van der Waals surface area contributed by atoms with E-state index in [1.54, 1.807) is 0 Å². The van der Waals surface area contributed by atoms with Gasteiger partial charge < -0.3 is 10.1 Å². The Labute approximate surface area is 137 Å². The van der Waals surface area contributed by atoms with Gasteiger partial charge in [0.15, 0.2) is 0 Å². The maximum Gasteiger partial charge on any atom is 0.316 e. The van der Waals surface area contributed by atoms with Crippen molar-refractivity contribution in [3.63, 3.8) is 0 Å². The third kappa shape index (κ3) is 5.06. The summed E-state index contributed by atoms with van der Waals surface area (Å²) in [6.45, 7) is 6.09. The van der Waals surface area contributed by atoms with Gasteiger partial charge in [-0.05, 0) is 39.2 Å². The number of carbonyl (C=O) groups is 1. The number of carbonyl (C=O) groups excluding carboxylic acids is 1. The predicted octanol–water partition coefficient (Wildman–Crippen LogP) is 3.45. The summed E-state index contributed by atoms with van der Waals surface area (Å²) in [5.41, 5.74) is 3.37. The molecule has 23 heavy (non-hydrogen) atoms. The van der Waals surface area contributed by atoms with Gasteiger partial charge in [0.25, 0.3) is 0 Å². The van der Waals surface area contributed by atoms with Gasteiger partial charge in [-0.15, -0.1) is 0 Å². The highest BCUT2D eigenvalue weighted by atomic mass is 16.5. The zero-order valence-corrected chi connectivity index (χ0v) is 13.9. The molecule has 2 rings (SSSR count). The molecule has 5 heteroatoms. The summed E-state index contributed by atoms with van der Waals surface area (Å²) in [4.78, 5) is 20.6. The quantitative estimate of drug-likeness (QED) is 0.850. The standard InChI is InChI=1S/C18H23N3O2/c1-4-23-18-19-13(2)17(14(3)20-18)21-16(22)12-8-11-15-9-6-5-7-10-15/h5-7,9-10H,4,8,11-12H2,1-3H3,(H,21,22). The Morgan fingerprint density at radius 3 is 2.39 bits per heavy atom. The van der Waals surface area contributed by atoms with Gasteiger partial charge in [0, 0.05) is 6.42 Å². The van der Waals surface area contributed by atoms with E-state index >= 15 is 0 Å². The second kappa shape index (κ2) is 8.27. The molecule has 0 aliphatic rings. The van der Waals surface area contributed by atoms with Gasteiger partial charge in [0.2, 0.25) is 5.91 Å². The van der Waals surface area contributed by atoms with Gasteiger partial charge >= 0.3 is 6.01 Å². The summed E-state index contributed by atoms with van der Waals surface area (Å²) in [7, 11) is 0. The minimum absolute atomic E-state index is 0.0140. The van der Waals surface area contributed by atoms with Gasteiger partial charge in [-0.25, -0.2) is 0 Å². The Hall–Kier alpha value is -2.43. The molecule has 2 aromatic rings. The summed E-state index contributed by atoms with van der Waals surface area (Å²) >= 11 is 0. The highest BCUT2D eigenvalue weighted by Crippen LogP contribution is 2.20. The van der Waals surface area contributed by atoms with E-state index in [4.69, 9.17) is 4.74 Å². The summed E-state index contributed by atoms with van der Waals surface area (Å²) in [6, 6.07) is 10.5. The molecule has 0 bridgehead atoms. The van der Waals surface area contributed by atoms with Crippen molar-refractivity contribution in [2.24, 2.45) is 0 Å². The van der Waals surface area contributed by atoms with Crippen LogP contribution in [-0.4, -0.2) is 22.5 Å². The molecule has 1 amide bonds. The Morgan fingerprint density at radius 2 is 1.78 bits per heavy atom. The van der Waals surface area contributed by atoms with Crippen LogP contribution in [0.2, 0.25) is 0 Å². The molecule has 0 spiro atoms. The lowest BCUT2D eigenvalue weighted by atomic mass is 10.1. The fourth-order valence-electron chi connectivity index (χ4n) is 2.36. The molecule has 0 aliphatic carbocycles. The highest BCUT2D eigenvalue weighted by Gasteiger charge is 2.12. The minimum atomic E-state index is -0.0140. The molecule has 1 N–H and O–H groups in total. The molecule has 0 atom stereocenters. The Morgan fingerprint density at radius 1 is 1.13 bits per heavy atom. The zero-order valence-electron chi connectivity index (χ0n) is 13.9. The molecule has 0 saturated heterocycles. The summed E-state index contributed by atoms with van der Waals surface area (Å²) < 4.78 is 5.31. The van der Waals surface area contributed by atoms with E-state index in [0.717, 1.165) is 24.2 Å². The van der Waals surface area contributed by atoms with E-state index in [-0.39, 0.29) is 5.91 Å². The molecule has 0 radical (unpaired) electrons. The topological polar surface area (TPSA) is 64.1 Å². The first kappa shape index (κ1) is 16.9. The van der Waals surface area contributed by atoms with Gasteiger partial charge in [-0.1, -0.05) is 30.3 Å². The second-order valence-electron chi connectivity index (χ2n) is 5.37. The summed E-state index contributed by atoms with van der Waals surface area (Å²) in [5.74, 6) is -0.0140. The molecule has 1 heterocycles. The maximum absolute atomic E-state index is 12.1. The number of hydrogen-bond acceptors (Lipinski definition) is 4. The van der Waals surface area contributed by atoms with Gasteiger partial charge in [0.1, 0.15) is 0 Å². The first-order chi connectivity index (χ1) is 11.1. The number of aromatic nitrogens is 2. The Bertz CT molecular complexity index is 634. The van der Waals surface area contributed by atoms with E-state index < -0.39 is 0 Å². The van der Waals surface area contributed by atoms with Gasteiger partial charge in [-0.3, -0.25) is 4.79 Å². The predicted molar refractivity (Wildman–Crippen MR) is 90.7 cm³/mol. The lowest BCUT2D eigenvalue weighted by Gasteiger charge is -2.12. The van der Waals surface area contributed by atoms with Crippen LogP contribution in [-0.2, 0) is 11.2 Å². The SMILES string of the molecule is CCOc1nc(C)c(NC(=O)CCCc2ccccc2)c(C)n1. The minimum Gasteiger partial charge on any atom is -0.464 e. The summed E-state index contributed by atoms with van der Waals surface area (Å²) in [5, 5.41) is 2.91. The second-order valence-corrected chi connectivity index (χ2v) is 5.37. The van der Waals surface area contributed by atoms with Crippen LogP contribution < -0.4 is 10.1 Å². The number of anilines is 1. The fraction of sp³-hybridized carbons (Fsp3) is 0.389. The van der Waals surface area contributed by atoms with Crippen molar-refractivity contribution >= 4 is 11.6 Å². The van der Waals surface area contributed by atoms with E-state index in [9.17, 15) is 4.79 Å². The van der Waals surface area contributed by atoms with Crippen molar-refractivity contribution in [1.82, 2.24) is 9.97 Å². The smallest absolute Gasteiger partial charge is 0.316 e. The van der Waals surface area contributed by atoms with E-state index in [2.05, 4.69) is 27.4 Å². The molecule has 0 aliphatic heterocycles. The number of nitrogens with one attached hydrogen (secondary N) is 1. The van der Waals surface area contributed by atoms with Crippen LogP contribution in [0.1, 0.15) is 36.7 Å². The van der Waals surface area contributed by atoms with Crippen molar-refractivity contribution in [2.75, 3.05) is 11.9 Å². The van der Waals surface area contributed by atoms with Crippen LogP contribution in [0.25, 0.3) is 0 Å². The highest BCUT2D eigenvalue weighted by molar-refractivity contribution is 5.91. The van der Waals surface area contributed by atoms with Crippen LogP contribution in [0, 0.1) is 13.8 Å². The maximum atomic E-state index is 12.1. The van der Waals surface area contributed by atoms with Crippen LogP contribution in [0.5, 0.6) is 6.01 Å².